The Hall–Kier alpha value is -3.93. The predicted octanol–water partition coefficient (Wildman–Crippen LogP) is 5.64. The van der Waals surface area contributed by atoms with Gasteiger partial charge in [-0.1, -0.05) is 24.3 Å². The fraction of sp³-hybridized carbons (Fsp3) is 0.438. The van der Waals surface area contributed by atoms with Crippen molar-refractivity contribution < 1.29 is 23.5 Å². The number of hydroxylamine groups is 2. The van der Waals surface area contributed by atoms with Crippen LogP contribution in [-0.4, -0.2) is 80.9 Å². The Balaban J connectivity index is 1.16. The molecule has 4 aromatic rings. The van der Waals surface area contributed by atoms with Crippen molar-refractivity contribution in [2.24, 2.45) is 0 Å². The molecule has 226 valence electrons. The molecule has 4 heterocycles. The molecule has 2 aromatic heterocycles. The van der Waals surface area contributed by atoms with Crippen LogP contribution in [0.1, 0.15) is 45.2 Å². The summed E-state index contributed by atoms with van der Waals surface area (Å²) in [6.07, 6.45) is 6.37. The molecule has 0 spiro atoms. The molecule has 10 nitrogen and oxygen atoms in total. The Labute approximate surface area is 250 Å². The summed E-state index contributed by atoms with van der Waals surface area (Å²) in [6.45, 7) is 10.1. The highest BCUT2D eigenvalue weighted by atomic mass is 19.1. The monoisotopic (exact) mass is 588 g/mol. The van der Waals surface area contributed by atoms with Gasteiger partial charge >= 0.3 is 6.16 Å². The highest BCUT2D eigenvalue weighted by Gasteiger charge is 2.26. The summed E-state index contributed by atoms with van der Waals surface area (Å²) in [5, 5.41) is 6.26. The van der Waals surface area contributed by atoms with E-state index in [2.05, 4.69) is 15.0 Å². The van der Waals surface area contributed by atoms with E-state index in [1.807, 2.05) is 41.2 Å². The van der Waals surface area contributed by atoms with Gasteiger partial charge in [-0.2, -0.15) is 5.10 Å². The van der Waals surface area contributed by atoms with E-state index in [4.69, 9.17) is 19.3 Å². The second kappa shape index (κ2) is 12.4. The van der Waals surface area contributed by atoms with E-state index in [0.717, 1.165) is 48.1 Å². The number of hydrogen-bond donors (Lipinski definition) is 0. The van der Waals surface area contributed by atoms with Crippen molar-refractivity contribution >= 4 is 17.2 Å². The highest BCUT2D eigenvalue weighted by molar-refractivity contribution is 5.92. The van der Waals surface area contributed by atoms with Crippen LogP contribution in [0.3, 0.4) is 0 Å². The van der Waals surface area contributed by atoms with Gasteiger partial charge in [0.05, 0.1) is 48.4 Å². The predicted molar refractivity (Wildman–Crippen MR) is 159 cm³/mol. The first-order valence-electron chi connectivity index (χ1n) is 14.8. The maximum absolute atomic E-state index is 15.2. The van der Waals surface area contributed by atoms with Crippen LogP contribution in [0.2, 0.25) is 0 Å². The second-order valence-electron chi connectivity index (χ2n) is 12.0. The lowest BCUT2D eigenvalue weighted by atomic mass is 10.0. The topological polar surface area (TPSA) is 94.8 Å². The zero-order chi connectivity index (χ0) is 30.0. The molecule has 0 saturated carbocycles. The van der Waals surface area contributed by atoms with Crippen LogP contribution in [0.5, 0.6) is 0 Å². The molecule has 2 saturated heterocycles. The number of fused-ring (bicyclic) bond motifs is 1. The zero-order valence-corrected chi connectivity index (χ0v) is 24.8. The Morgan fingerprint density at radius 2 is 1.84 bits per heavy atom. The first kappa shape index (κ1) is 29.2. The lowest BCUT2D eigenvalue weighted by molar-refractivity contribution is -0.154. The number of rotatable bonds is 6. The number of ether oxygens (including phenoxy) is 2. The van der Waals surface area contributed by atoms with Crippen molar-refractivity contribution in [3.8, 4) is 22.4 Å². The minimum Gasteiger partial charge on any atom is -0.427 e. The van der Waals surface area contributed by atoms with Gasteiger partial charge in [-0.15, -0.1) is 5.06 Å². The SMILES string of the molecule is CC(C)(C)OC(=O)ON1CCC(n2cc(-c3cnc4cccc(-c5ccc(CN6CCOCC6)c(F)c5)c4n3)cn2)CC1. The van der Waals surface area contributed by atoms with E-state index >= 15 is 4.39 Å². The van der Waals surface area contributed by atoms with Gasteiger partial charge in [0.25, 0.3) is 0 Å². The molecule has 2 fully saturated rings. The normalized spacial score (nSPS) is 17.3. The molecule has 0 atom stereocenters. The van der Waals surface area contributed by atoms with Gasteiger partial charge in [0.15, 0.2) is 0 Å². The van der Waals surface area contributed by atoms with Crippen molar-refractivity contribution in [3.05, 3.63) is 66.4 Å². The average Bonchev–Trinajstić information content (AvgIpc) is 3.48. The molecule has 43 heavy (non-hydrogen) atoms. The van der Waals surface area contributed by atoms with E-state index < -0.39 is 11.8 Å². The summed E-state index contributed by atoms with van der Waals surface area (Å²) in [5.41, 5.74) is 4.66. The summed E-state index contributed by atoms with van der Waals surface area (Å²) in [6, 6.07) is 11.4. The van der Waals surface area contributed by atoms with Crippen molar-refractivity contribution in [1.29, 1.82) is 0 Å². The third kappa shape index (κ3) is 7.01. The standard InChI is InChI=1S/C32H37FN6O4/c1-32(2,3)42-31(40)43-38-11-9-25(10-12-38)39-21-24(18-35-39)29-19-34-28-6-4-5-26(30(28)36-29)22-7-8-23(27(33)17-22)20-37-13-15-41-16-14-37/h4-8,17-19,21,25H,9-16,20H2,1-3H3. The summed E-state index contributed by atoms with van der Waals surface area (Å²) in [7, 11) is 0. The fourth-order valence-electron chi connectivity index (χ4n) is 5.49. The Morgan fingerprint density at radius 3 is 2.58 bits per heavy atom. The maximum Gasteiger partial charge on any atom is 0.528 e. The summed E-state index contributed by atoms with van der Waals surface area (Å²) >= 11 is 0. The van der Waals surface area contributed by atoms with Crippen LogP contribution in [0, 0.1) is 5.82 Å². The van der Waals surface area contributed by atoms with Gasteiger partial charge < -0.3 is 14.3 Å². The van der Waals surface area contributed by atoms with E-state index in [1.54, 1.807) is 44.3 Å². The molecule has 11 heteroatoms. The van der Waals surface area contributed by atoms with Crippen molar-refractivity contribution in [2.75, 3.05) is 39.4 Å². The quantitative estimate of drug-likeness (QED) is 0.266. The lowest BCUT2D eigenvalue weighted by Crippen LogP contribution is -2.38. The van der Waals surface area contributed by atoms with Gasteiger partial charge in [0.2, 0.25) is 0 Å². The first-order chi connectivity index (χ1) is 20.7. The number of para-hydroxylation sites is 1. The number of hydrogen-bond acceptors (Lipinski definition) is 9. The fourth-order valence-corrected chi connectivity index (χ4v) is 5.49. The minimum atomic E-state index is -0.687. The van der Waals surface area contributed by atoms with Gasteiger partial charge in [-0.25, -0.2) is 14.2 Å². The van der Waals surface area contributed by atoms with E-state index in [9.17, 15) is 4.79 Å². The van der Waals surface area contributed by atoms with Crippen LogP contribution in [-0.2, 0) is 20.9 Å². The Morgan fingerprint density at radius 1 is 1.05 bits per heavy atom. The third-order valence-electron chi connectivity index (χ3n) is 7.72. The number of piperidine rings is 1. The molecule has 6 rings (SSSR count). The molecule has 0 bridgehead atoms. The van der Waals surface area contributed by atoms with Crippen molar-refractivity contribution in [1.82, 2.24) is 29.7 Å². The van der Waals surface area contributed by atoms with Crippen LogP contribution in [0.4, 0.5) is 9.18 Å². The second-order valence-corrected chi connectivity index (χ2v) is 12.0. The zero-order valence-electron chi connectivity index (χ0n) is 24.8. The molecule has 0 radical (unpaired) electrons. The summed E-state index contributed by atoms with van der Waals surface area (Å²) < 4.78 is 27.8. The molecular formula is C32H37FN6O4. The summed E-state index contributed by atoms with van der Waals surface area (Å²) in [4.78, 5) is 29.2. The van der Waals surface area contributed by atoms with Gasteiger partial charge in [0.1, 0.15) is 11.4 Å². The largest absolute Gasteiger partial charge is 0.528 e. The molecule has 2 aliphatic heterocycles. The highest BCUT2D eigenvalue weighted by Crippen LogP contribution is 2.31. The molecule has 2 aliphatic rings. The van der Waals surface area contributed by atoms with E-state index in [1.165, 1.54) is 0 Å². The van der Waals surface area contributed by atoms with Crippen molar-refractivity contribution in [2.45, 2.75) is 51.8 Å². The number of carbonyl (C=O) groups excluding carboxylic acids is 1. The van der Waals surface area contributed by atoms with Crippen LogP contribution >= 0.6 is 0 Å². The maximum atomic E-state index is 15.2. The average molecular weight is 589 g/mol. The van der Waals surface area contributed by atoms with E-state index in [0.29, 0.717) is 49.6 Å². The molecule has 0 N–H and O–H groups in total. The van der Waals surface area contributed by atoms with Crippen LogP contribution < -0.4 is 0 Å². The molecule has 2 aromatic carbocycles. The Bertz CT molecular complexity index is 1590. The lowest BCUT2D eigenvalue weighted by Gasteiger charge is -2.31. The first-order valence-corrected chi connectivity index (χ1v) is 14.8. The number of aromatic nitrogens is 4. The van der Waals surface area contributed by atoms with Crippen LogP contribution in [0.15, 0.2) is 55.0 Å². The molecule has 0 unspecified atom stereocenters. The number of benzene rings is 2. The van der Waals surface area contributed by atoms with Gasteiger partial charge in [-0.05, 0) is 51.3 Å². The number of halogens is 1. The summed E-state index contributed by atoms with van der Waals surface area (Å²) in [5.74, 6) is -0.228. The third-order valence-corrected chi connectivity index (χ3v) is 7.72. The molecular weight excluding hydrogens is 551 g/mol. The Kier molecular flexibility index (Phi) is 8.38. The number of nitrogens with zero attached hydrogens (tertiary/aromatic N) is 6. The van der Waals surface area contributed by atoms with Gasteiger partial charge in [-0.3, -0.25) is 14.6 Å². The molecule has 0 amide bonds. The van der Waals surface area contributed by atoms with E-state index in [-0.39, 0.29) is 11.9 Å². The molecule has 0 aliphatic carbocycles. The van der Waals surface area contributed by atoms with Gasteiger partial charge in [0, 0.05) is 55.6 Å². The number of carbonyl (C=O) groups is 1. The number of morpholine rings is 1. The van der Waals surface area contributed by atoms with Crippen molar-refractivity contribution in [3.63, 3.8) is 0 Å². The minimum absolute atomic E-state index is 0.162. The smallest absolute Gasteiger partial charge is 0.427 e. The van der Waals surface area contributed by atoms with Crippen LogP contribution in [0.25, 0.3) is 33.4 Å².